The average Bonchev–Trinajstić information content (AvgIpc) is 2.94. The van der Waals surface area contributed by atoms with E-state index in [9.17, 15) is 0 Å². The Kier molecular flexibility index (Phi) is 27.1. The molecule has 0 fully saturated rings. The third-order valence-corrected chi connectivity index (χ3v) is 8.72. The largest absolute Gasteiger partial charge is 0.0654 e. The Hall–Kier alpha value is -0.780. The Labute approximate surface area is 241 Å². The van der Waals surface area contributed by atoms with Crippen LogP contribution in [-0.4, -0.2) is 0 Å². The highest BCUT2D eigenvalue weighted by atomic mass is 14.1. The first-order chi connectivity index (χ1) is 18.9. The Morgan fingerprint density at radius 2 is 0.500 bits per heavy atom. The summed E-state index contributed by atoms with van der Waals surface area (Å²) in [7, 11) is 0. The number of hydrogen-bond acceptors (Lipinski definition) is 0. The number of hydrogen-bond donors (Lipinski definition) is 0. The Balaban J connectivity index is 1.92. The molecule has 0 aliphatic heterocycles. The SMILES string of the molecule is CCCCCCCCCCCCCCCCc1ccccc1CCCCCCCCCCCCCCCC. The van der Waals surface area contributed by atoms with Gasteiger partial charge in [0.25, 0.3) is 0 Å². The van der Waals surface area contributed by atoms with Gasteiger partial charge in [0, 0.05) is 0 Å². The van der Waals surface area contributed by atoms with Gasteiger partial charge in [-0.05, 0) is 36.8 Å². The Morgan fingerprint density at radius 3 is 0.737 bits per heavy atom. The smallest absolute Gasteiger partial charge is 0.0276 e. The standard InChI is InChI=1S/C38H70/c1-3-5-7-9-11-13-15-17-19-21-23-25-27-29-33-37-35-31-32-36-38(37)34-30-28-26-24-22-20-18-16-14-12-10-8-6-4-2/h31-32,35-36H,3-30,33-34H2,1-2H3. The fourth-order valence-corrected chi connectivity index (χ4v) is 6.07. The molecule has 0 bridgehead atoms. The minimum atomic E-state index is 1.30. The van der Waals surface area contributed by atoms with E-state index >= 15 is 0 Å². The van der Waals surface area contributed by atoms with Crippen molar-refractivity contribution in [2.45, 2.75) is 206 Å². The van der Waals surface area contributed by atoms with Gasteiger partial charge in [0.2, 0.25) is 0 Å². The summed E-state index contributed by atoms with van der Waals surface area (Å²) < 4.78 is 0. The molecule has 222 valence electrons. The third kappa shape index (κ3) is 23.1. The fraction of sp³-hybridized carbons (Fsp3) is 0.842. The van der Waals surface area contributed by atoms with E-state index in [0.717, 1.165) is 0 Å². The van der Waals surface area contributed by atoms with Gasteiger partial charge in [0.1, 0.15) is 0 Å². The van der Waals surface area contributed by atoms with Gasteiger partial charge >= 0.3 is 0 Å². The highest BCUT2D eigenvalue weighted by Gasteiger charge is 2.03. The quantitative estimate of drug-likeness (QED) is 0.0874. The summed E-state index contributed by atoms with van der Waals surface area (Å²) in [6.45, 7) is 4.61. The van der Waals surface area contributed by atoms with Crippen LogP contribution in [0.5, 0.6) is 0 Å². The van der Waals surface area contributed by atoms with Gasteiger partial charge in [0.15, 0.2) is 0 Å². The molecular weight excluding hydrogens is 456 g/mol. The average molecular weight is 527 g/mol. The van der Waals surface area contributed by atoms with Crippen molar-refractivity contribution in [3.8, 4) is 0 Å². The first-order valence-electron chi connectivity index (χ1n) is 17.9. The number of benzene rings is 1. The van der Waals surface area contributed by atoms with Crippen LogP contribution < -0.4 is 0 Å². The molecule has 1 aromatic rings. The van der Waals surface area contributed by atoms with Gasteiger partial charge in [-0.2, -0.15) is 0 Å². The van der Waals surface area contributed by atoms with Crippen LogP contribution >= 0.6 is 0 Å². The highest BCUT2D eigenvalue weighted by Crippen LogP contribution is 2.19. The molecular formula is C38H70. The minimum absolute atomic E-state index is 1.30. The van der Waals surface area contributed by atoms with Crippen molar-refractivity contribution in [3.63, 3.8) is 0 Å². The predicted octanol–water partition coefficient (Wildman–Crippen LogP) is 13.7. The molecule has 0 radical (unpaired) electrons. The zero-order valence-electron chi connectivity index (χ0n) is 26.5. The van der Waals surface area contributed by atoms with E-state index in [1.165, 1.54) is 193 Å². The van der Waals surface area contributed by atoms with Crippen molar-refractivity contribution in [1.82, 2.24) is 0 Å². The molecule has 0 aromatic heterocycles. The molecule has 1 aromatic carbocycles. The first-order valence-corrected chi connectivity index (χ1v) is 17.9. The van der Waals surface area contributed by atoms with E-state index in [-0.39, 0.29) is 0 Å². The van der Waals surface area contributed by atoms with E-state index < -0.39 is 0 Å². The lowest BCUT2D eigenvalue weighted by atomic mass is 9.96. The van der Waals surface area contributed by atoms with Crippen LogP contribution in [0, 0.1) is 0 Å². The topological polar surface area (TPSA) is 0 Å². The van der Waals surface area contributed by atoms with Crippen LogP contribution in [0.1, 0.15) is 205 Å². The molecule has 0 aliphatic rings. The molecule has 0 unspecified atom stereocenters. The van der Waals surface area contributed by atoms with Gasteiger partial charge < -0.3 is 0 Å². The summed E-state index contributed by atoms with van der Waals surface area (Å²) in [6, 6.07) is 9.32. The molecule has 1 rings (SSSR count). The van der Waals surface area contributed by atoms with Crippen LogP contribution in [0.2, 0.25) is 0 Å². The maximum absolute atomic E-state index is 2.40. The number of aryl methyl sites for hydroxylation is 2. The zero-order valence-corrected chi connectivity index (χ0v) is 26.5. The summed E-state index contributed by atoms with van der Waals surface area (Å²) in [5.41, 5.74) is 3.28. The van der Waals surface area contributed by atoms with Gasteiger partial charge in [-0.3, -0.25) is 0 Å². The summed E-state index contributed by atoms with van der Waals surface area (Å²) in [6.07, 6.45) is 43.1. The van der Waals surface area contributed by atoms with E-state index in [0.29, 0.717) is 0 Å². The second-order valence-corrected chi connectivity index (χ2v) is 12.5. The fourth-order valence-electron chi connectivity index (χ4n) is 6.07. The van der Waals surface area contributed by atoms with Crippen LogP contribution in [-0.2, 0) is 12.8 Å². The van der Waals surface area contributed by atoms with Crippen molar-refractivity contribution >= 4 is 0 Å². The zero-order chi connectivity index (χ0) is 27.2. The van der Waals surface area contributed by atoms with E-state index in [4.69, 9.17) is 0 Å². The van der Waals surface area contributed by atoms with Gasteiger partial charge in [-0.1, -0.05) is 205 Å². The van der Waals surface area contributed by atoms with Crippen LogP contribution in [0.3, 0.4) is 0 Å². The first kappa shape index (κ1) is 35.2. The van der Waals surface area contributed by atoms with Crippen molar-refractivity contribution in [2.75, 3.05) is 0 Å². The molecule has 0 heterocycles. The maximum Gasteiger partial charge on any atom is -0.0276 e. The maximum atomic E-state index is 2.40. The van der Waals surface area contributed by atoms with Crippen molar-refractivity contribution in [1.29, 1.82) is 0 Å². The van der Waals surface area contributed by atoms with E-state index in [1.54, 1.807) is 11.1 Å². The molecule has 0 spiro atoms. The van der Waals surface area contributed by atoms with Crippen molar-refractivity contribution in [3.05, 3.63) is 35.4 Å². The third-order valence-electron chi connectivity index (χ3n) is 8.72. The summed E-state index contributed by atoms with van der Waals surface area (Å²) in [4.78, 5) is 0. The molecule has 0 aliphatic carbocycles. The highest BCUT2D eigenvalue weighted by molar-refractivity contribution is 5.27. The Bertz CT molecular complexity index is 522. The lowest BCUT2D eigenvalue weighted by molar-refractivity contribution is 0.534. The van der Waals surface area contributed by atoms with Crippen molar-refractivity contribution in [2.24, 2.45) is 0 Å². The second kappa shape index (κ2) is 29.2. The van der Waals surface area contributed by atoms with Gasteiger partial charge in [-0.25, -0.2) is 0 Å². The lowest BCUT2D eigenvalue weighted by Crippen LogP contribution is -1.95. The van der Waals surface area contributed by atoms with Gasteiger partial charge in [-0.15, -0.1) is 0 Å². The second-order valence-electron chi connectivity index (χ2n) is 12.5. The molecule has 0 heteroatoms. The molecule has 0 saturated carbocycles. The number of unbranched alkanes of at least 4 members (excludes halogenated alkanes) is 26. The normalized spacial score (nSPS) is 11.4. The van der Waals surface area contributed by atoms with Crippen LogP contribution in [0.4, 0.5) is 0 Å². The van der Waals surface area contributed by atoms with Crippen LogP contribution in [0.25, 0.3) is 0 Å². The van der Waals surface area contributed by atoms with Crippen molar-refractivity contribution < 1.29 is 0 Å². The van der Waals surface area contributed by atoms with Gasteiger partial charge in [0.05, 0.1) is 0 Å². The molecule has 38 heavy (non-hydrogen) atoms. The van der Waals surface area contributed by atoms with E-state index in [2.05, 4.69) is 38.1 Å². The molecule has 0 nitrogen and oxygen atoms in total. The molecule has 0 amide bonds. The van der Waals surface area contributed by atoms with Crippen LogP contribution in [0.15, 0.2) is 24.3 Å². The van der Waals surface area contributed by atoms with E-state index in [1.807, 2.05) is 0 Å². The molecule has 0 saturated heterocycles. The minimum Gasteiger partial charge on any atom is -0.0654 e. The summed E-state index contributed by atoms with van der Waals surface area (Å²) in [5, 5.41) is 0. The monoisotopic (exact) mass is 527 g/mol. The summed E-state index contributed by atoms with van der Waals surface area (Å²) in [5.74, 6) is 0. The predicted molar refractivity (Wildman–Crippen MR) is 174 cm³/mol. The number of rotatable bonds is 30. The molecule has 0 N–H and O–H groups in total. The molecule has 0 atom stereocenters. The Morgan fingerprint density at radius 1 is 0.289 bits per heavy atom. The lowest BCUT2D eigenvalue weighted by Gasteiger charge is -2.10. The summed E-state index contributed by atoms with van der Waals surface area (Å²) >= 11 is 0.